The molecule has 9 heteroatoms. The van der Waals surface area contributed by atoms with Gasteiger partial charge in [-0.1, -0.05) is 23.4 Å². The fourth-order valence-corrected chi connectivity index (χ4v) is 3.58. The summed E-state index contributed by atoms with van der Waals surface area (Å²) in [7, 11) is 0. The van der Waals surface area contributed by atoms with Gasteiger partial charge in [-0.15, -0.1) is 0 Å². The Hall–Kier alpha value is -2.68. The number of benzene rings is 1. The molecule has 29 heavy (non-hydrogen) atoms. The van der Waals surface area contributed by atoms with Gasteiger partial charge in [0, 0.05) is 36.7 Å². The highest BCUT2D eigenvalue weighted by Gasteiger charge is 2.34. The maximum atomic E-state index is 12.5. The third-order valence-corrected chi connectivity index (χ3v) is 5.32. The first-order valence-electron chi connectivity index (χ1n) is 9.49. The number of para-hydroxylation sites is 1. The van der Waals surface area contributed by atoms with Crippen molar-refractivity contribution in [3.05, 3.63) is 42.1 Å². The Bertz CT molecular complexity index is 905. The van der Waals surface area contributed by atoms with Crippen LogP contribution in [0, 0.1) is 0 Å². The van der Waals surface area contributed by atoms with Gasteiger partial charge in [-0.25, -0.2) is 4.79 Å². The van der Waals surface area contributed by atoms with Gasteiger partial charge in [0.15, 0.2) is 0 Å². The highest BCUT2D eigenvalue weighted by Crippen LogP contribution is 2.20. The monoisotopic (exact) mass is 462 g/mol. The van der Waals surface area contributed by atoms with E-state index in [9.17, 15) is 9.59 Å². The SMILES string of the molecule is O=C(NCCC/C(Br)=N\O)[C@@H]1CCCN1C(=O)OCc1cnc2ccccc2c1. The lowest BCUT2D eigenvalue weighted by Crippen LogP contribution is -2.46. The Morgan fingerprint density at radius 2 is 2.21 bits per heavy atom. The Labute approximate surface area is 177 Å². The van der Waals surface area contributed by atoms with E-state index in [0.29, 0.717) is 37.0 Å². The number of pyridine rings is 1. The molecule has 0 saturated carbocycles. The zero-order valence-corrected chi connectivity index (χ0v) is 17.5. The van der Waals surface area contributed by atoms with E-state index in [1.807, 2.05) is 30.3 Å². The summed E-state index contributed by atoms with van der Waals surface area (Å²) in [6, 6.07) is 9.16. The van der Waals surface area contributed by atoms with Crippen LogP contribution in [0.1, 0.15) is 31.2 Å². The molecule has 0 bridgehead atoms. The van der Waals surface area contributed by atoms with Crippen LogP contribution in [0.3, 0.4) is 0 Å². The van der Waals surface area contributed by atoms with Crippen molar-refractivity contribution < 1.29 is 19.5 Å². The van der Waals surface area contributed by atoms with Gasteiger partial charge < -0.3 is 15.3 Å². The standard InChI is InChI=1S/C20H23BrN4O4/c21-18(24-28)8-3-9-22-19(26)17-7-4-10-25(17)20(27)29-13-14-11-15-5-1-2-6-16(15)23-12-14/h1-2,5-6,11-12,17,28H,3-4,7-10,13H2,(H,22,26)/b24-18+/t17-/m0/s1. The molecule has 1 saturated heterocycles. The minimum Gasteiger partial charge on any atom is -0.444 e. The number of likely N-dealkylation sites (tertiary alicyclic amines) is 1. The summed E-state index contributed by atoms with van der Waals surface area (Å²) >= 11 is 3.10. The molecule has 2 heterocycles. The Balaban J connectivity index is 1.50. The number of aromatic nitrogens is 1. The van der Waals surface area contributed by atoms with Crippen LogP contribution in [0.4, 0.5) is 4.79 Å². The van der Waals surface area contributed by atoms with Gasteiger partial charge >= 0.3 is 6.09 Å². The molecule has 0 radical (unpaired) electrons. The molecule has 0 unspecified atom stereocenters. The number of amides is 2. The van der Waals surface area contributed by atoms with Crippen molar-refractivity contribution in [1.82, 2.24) is 15.2 Å². The first-order chi connectivity index (χ1) is 14.1. The zero-order chi connectivity index (χ0) is 20.6. The van der Waals surface area contributed by atoms with Crippen molar-refractivity contribution >= 4 is 43.5 Å². The van der Waals surface area contributed by atoms with Crippen molar-refractivity contribution in [3.8, 4) is 0 Å². The van der Waals surface area contributed by atoms with Gasteiger partial charge in [0.05, 0.1) is 5.52 Å². The first kappa shape index (κ1) is 21.0. The van der Waals surface area contributed by atoms with Gasteiger partial charge in [0.25, 0.3) is 0 Å². The van der Waals surface area contributed by atoms with E-state index >= 15 is 0 Å². The second kappa shape index (κ2) is 10.2. The van der Waals surface area contributed by atoms with Gasteiger partial charge in [0.2, 0.25) is 5.91 Å². The number of rotatable bonds is 7. The van der Waals surface area contributed by atoms with E-state index in [0.717, 1.165) is 22.9 Å². The largest absolute Gasteiger partial charge is 0.444 e. The number of carbonyl (C=O) groups is 2. The van der Waals surface area contributed by atoms with E-state index in [4.69, 9.17) is 9.94 Å². The summed E-state index contributed by atoms with van der Waals surface area (Å²) in [6.45, 7) is 1.04. The number of nitrogens with one attached hydrogen (secondary N) is 1. The molecule has 2 N–H and O–H groups in total. The van der Waals surface area contributed by atoms with E-state index in [2.05, 4.69) is 31.4 Å². The number of fused-ring (bicyclic) bond motifs is 1. The van der Waals surface area contributed by atoms with Crippen LogP contribution in [0.25, 0.3) is 10.9 Å². The Kier molecular flexibility index (Phi) is 7.40. The number of halogens is 1. The molecule has 1 aliphatic rings. The van der Waals surface area contributed by atoms with Crippen molar-refractivity contribution in [1.29, 1.82) is 0 Å². The summed E-state index contributed by atoms with van der Waals surface area (Å²) in [5.74, 6) is -0.191. The maximum Gasteiger partial charge on any atom is 0.410 e. The molecule has 8 nitrogen and oxygen atoms in total. The number of nitrogens with zero attached hydrogens (tertiary/aromatic N) is 3. The van der Waals surface area contributed by atoms with Crippen molar-refractivity contribution in [2.24, 2.45) is 5.16 Å². The molecule has 2 aromatic rings. The topological polar surface area (TPSA) is 104 Å². The minimum atomic E-state index is -0.521. The van der Waals surface area contributed by atoms with Crippen LogP contribution < -0.4 is 5.32 Å². The van der Waals surface area contributed by atoms with Crippen LogP contribution in [-0.2, 0) is 16.1 Å². The number of hydrogen-bond donors (Lipinski definition) is 2. The molecule has 0 spiro atoms. The van der Waals surface area contributed by atoms with Crippen LogP contribution >= 0.6 is 15.9 Å². The molecule has 1 aromatic carbocycles. The molecule has 1 fully saturated rings. The molecule has 3 rings (SSSR count). The summed E-state index contributed by atoms with van der Waals surface area (Å²) in [6.07, 6.45) is 3.71. The molecule has 154 valence electrons. The summed E-state index contributed by atoms with van der Waals surface area (Å²) < 4.78 is 5.86. The highest BCUT2D eigenvalue weighted by molar-refractivity contribution is 9.18. The quantitative estimate of drug-likeness (QED) is 0.284. The third kappa shape index (κ3) is 5.66. The van der Waals surface area contributed by atoms with E-state index in [1.165, 1.54) is 4.90 Å². The number of oxime groups is 1. The van der Waals surface area contributed by atoms with E-state index in [1.54, 1.807) is 6.20 Å². The first-order valence-corrected chi connectivity index (χ1v) is 10.3. The van der Waals surface area contributed by atoms with E-state index in [-0.39, 0.29) is 12.5 Å². The zero-order valence-electron chi connectivity index (χ0n) is 15.9. The average Bonchev–Trinajstić information content (AvgIpc) is 3.24. The van der Waals surface area contributed by atoms with Gasteiger partial charge in [-0.2, -0.15) is 0 Å². The minimum absolute atomic E-state index is 0.107. The molecule has 1 aliphatic heterocycles. The average molecular weight is 463 g/mol. The lowest BCUT2D eigenvalue weighted by molar-refractivity contribution is -0.125. The lowest BCUT2D eigenvalue weighted by Gasteiger charge is -2.23. The van der Waals surface area contributed by atoms with Crippen LogP contribution in [0.15, 0.2) is 41.7 Å². The Morgan fingerprint density at radius 1 is 1.38 bits per heavy atom. The van der Waals surface area contributed by atoms with Crippen LogP contribution in [0.2, 0.25) is 0 Å². The van der Waals surface area contributed by atoms with Gasteiger partial charge in [-0.3, -0.25) is 14.7 Å². The second-order valence-electron chi connectivity index (χ2n) is 6.81. The van der Waals surface area contributed by atoms with Crippen molar-refractivity contribution in [2.75, 3.05) is 13.1 Å². The fraction of sp³-hybridized carbons (Fsp3) is 0.400. The number of carbonyl (C=O) groups excluding carboxylic acids is 2. The molecule has 1 atom stereocenters. The lowest BCUT2D eigenvalue weighted by atomic mass is 10.2. The molecule has 1 aromatic heterocycles. The number of ether oxygens (including phenoxy) is 1. The summed E-state index contributed by atoms with van der Waals surface area (Å²) in [5, 5.41) is 15.4. The molecule has 2 amide bonds. The van der Waals surface area contributed by atoms with Gasteiger partial charge in [-0.05, 0) is 47.3 Å². The summed E-state index contributed by atoms with van der Waals surface area (Å²) in [4.78, 5) is 30.8. The molecule has 0 aliphatic carbocycles. The third-order valence-electron chi connectivity index (χ3n) is 4.77. The predicted molar refractivity (Wildman–Crippen MR) is 112 cm³/mol. The van der Waals surface area contributed by atoms with Gasteiger partial charge in [0.1, 0.15) is 17.3 Å². The predicted octanol–water partition coefficient (Wildman–Crippen LogP) is 3.41. The maximum absolute atomic E-state index is 12.5. The normalized spacial score (nSPS) is 16.8. The smallest absolute Gasteiger partial charge is 0.410 e. The van der Waals surface area contributed by atoms with Crippen molar-refractivity contribution in [3.63, 3.8) is 0 Å². The number of hydrogen-bond acceptors (Lipinski definition) is 6. The molecular weight excluding hydrogens is 440 g/mol. The Morgan fingerprint density at radius 3 is 3.03 bits per heavy atom. The fourth-order valence-electron chi connectivity index (χ4n) is 3.30. The van der Waals surface area contributed by atoms with Crippen LogP contribution in [0.5, 0.6) is 0 Å². The van der Waals surface area contributed by atoms with Crippen molar-refractivity contribution in [2.45, 2.75) is 38.3 Å². The molecular formula is C20H23BrN4O4. The highest BCUT2D eigenvalue weighted by atomic mass is 79.9. The van der Waals surface area contributed by atoms with E-state index < -0.39 is 12.1 Å². The van der Waals surface area contributed by atoms with Crippen LogP contribution in [-0.4, -0.2) is 50.8 Å². The summed E-state index contributed by atoms with van der Waals surface area (Å²) in [5.41, 5.74) is 1.68. The second-order valence-corrected chi connectivity index (χ2v) is 7.73.